The van der Waals surface area contributed by atoms with Gasteiger partial charge in [-0.1, -0.05) is 36.4 Å². The number of hydrogen-bond acceptors (Lipinski definition) is 2. The smallest absolute Gasteiger partial charge is 0.141 e. The summed E-state index contributed by atoms with van der Waals surface area (Å²) in [4.78, 5) is 11.0. The molecule has 2 N–H and O–H groups in total. The van der Waals surface area contributed by atoms with Crippen LogP contribution in [-0.2, 0) is 13.0 Å². The summed E-state index contributed by atoms with van der Waals surface area (Å²) in [5, 5.41) is 0. The second kappa shape index (κ2) is 7.09. The third kappa shape index (κ3) is 3.63. The molecular weight excluding hydrogens is 310 g/mol. The van der Waals surface area contributed by atoms with Gasteiger partial charge >= 0.3 is 0 Å². The van der Waals surface area contributed by atoms with Crippen LogP contribution in [0.25, 0.3) is 11.4 Å². The molecule has 0 spiro atoms. The molecule has 4 nitrogen and oxygen atoms in total. The first-order chi connectivity index (χ1) is 12.4. The number of H-pyrrole nitrogens is 2. The van der Waals surface area contributed by atoms with Gasteiger partial charge in [0, 0.05) is 24.9 Å². The van der Waals surface area contributed by atoms with E-state index in [0.29, 0.717) is 6.61 Å². The van der Waals surface area contributed by atoms with Crippen molar-refractivity contribution in [2.45, 2.75) is 13.0 Å². The van der Waals surface area contributed by atoms with Crippen molar-refractivity contribution >= 4 is 6.21 Å². The molecule has 0 saturated heterocycles. The Hall–Kier alpha value is -3.27. The van der Waals surface area contributed by atoms with E-state index in [-0.39, 0.29) is 0 Å². The van der Waals surface area contributed by atoms with Gasteiger partial charge in [-0.2, -0.15) is 0 Å². The molecule has 3 aromatic rings. The predicted molar refractivity (Wildman–Crippen MR) is 101 cm³/mol. The molecule has 0 aliphatic carbocycles. The summed E-state index contributed by atoms with van der Waals surface area (Å²) in [6, 6.07) is 16.3. The van der Waals surface area contributed by atoms with Crippen molar-refractivity contribution in [2.75, 3.05) is 0 Å². The van der Waals surface area contributed by atoms with Gasteiger partial charge in [0.1, 0.15) is 12.4 Å². The highest BCUT2D eigenvalue weighted by Crippen LogP contribution is 2.28. The highest BCUT2D eigenvalue weighted by Gasteiger charge is 2.11. The average Bonchev–Trinajstić information content (AvgIpc) is 3.40. The van der Waals surface area contributed by atoms with E-state index < -0.39 is 0 Å². The van der Waals surface area contributed by atoms with E-state index in [4.69, 9.17) is 4.74 Å². The van der Waals surface area contributed by atoms with Crippen LogP contribution in [0.2, 0.25) is 0 Å². The Morgan fingerprint density at radius 3 is 2.72 bits per heavy atom. The molecule has 1 aliphatic heterocycles. The third-order valence-corrected chi connectivity index (χ3v) is 4.08. The minimum atomic E-state index is 0.546. The second-order valence-corrected chi connectivity index (χ2v) is 5.85. The zero-order chi connectivity index (χ0) is 16.9. The molecule has 1 aromatic carbocycles. The maximum absolute atomic E-state index is 6.09. The van der Waals surface area contributed by atoms with Gasteiger partial charge in [0.05, 0.1) is 22.8 Å². The first-order valence-corrected chi connectivity index (χ1v) is 8.32. The van der Waals surface area contributed by atoms with Gasteiger partial charge in [-0.3, -0.25) is 4.99 Å². The van der Waals surface area contributed by atoms with E-state index in [2.05, 4.69) is 39.2 Å². The van der Waals surface area contributed by atoms with E-state index in [0.717, 1.165) is 40.5 Å². The van der Waals surface area contributed by atoms with Crippen molar-refractivity contribution in [3.05, 3.63) is 89.9 Å². The summed E-state index contributed by atoms with van der Waals surface area (Å²) >= 11 is 0. The molecule has 0 fully saturated rings. The quantitative estimate of drug-likeness (QED) is 0.679. The van der Waals surface area contributed by atoms with E-state index in [9.17, 15) is 0 Å². The molecular formula is C21H19N3O. The number of aromatic nitrogens is 2. The van der Waals surface area contributed by atoms with E-state index in [1.165, 1.54) is 0 Å². The Labute approximate surface area is 146 Å². The Kier molecular flexibility index (Phi) is 4.33. The topological polar surface area (TPSA) is 53.2 Å². The summed E-state index contributed by atoms with van der Waals surface area (Å²) in [5.41, 5.74) is 5.24. The number of ether oxygens (including phenoxy) is 1. The molecule has 0 radical (unpaired) electrons. The second-order valence-electron chi connectivity index (χ2n) is 5.85. The van der Waals surface area contributed by atoms with Gasteiger partial charge in [-0.25, -0.2) is 0 Å². The zero-order valence-corrected chi connectivity index (χ0v) is 13.8. The monoisotopic (exact) mass is 329 g/mol. The number of aliphatic imine (C=N–C) groups is 1. The molecule has 3 heterocycles. The highest BCUT2D eigenvalue weighted by atomic mass is 16.5. The molecule has 0 bridgehead atoms. The van der Waals surface area contributed by atoms with Crippen LogP contribution in [0.5, 0.6) is 5.75 Å². The van der Waals surface area contributed by atoms with E-state index in [1.54, 1.807) is 6.21 Å². The normalized spacial score (nSPS) is 14.5. The fraction of sp³-hybridized carbons (Fsp3) is 0.0952. The highest BCUT2D eigenvalue weighted by molar-refractivity contribution is 5.77. The first-order valence-electron chi connectivity index (χ1n) is 8.32. The van der Waals surface area contributed by atoms with Gasteiger partial charge in [-0.15, -0.1) is 0 Å². The molecule has 0 unspecified atom stereocenters. The lowest BCUT2D eigenvalue weighted by Crippen LogP contribution is -1.96. The summed E-state index contributed by atoms with van der Waals surface area (Å²) in [5.74, 6) is 0.872. The van der Waals surface area contributed by atoms with E-state index in [1.807, 2.05) is 48.7 Å². The number of benzene rings is 1. The van der Waals surface area contributed by atoms with Gasteiger partial charge in [0.25, 0.3) is 0 Å². The number of aromatic amines is 2. The lowest BCUT2D eigenvalue weighted by molar-refractivity contribution is 0.304. The van der Waals surface area contributed by atoms with Crippen LogP contribution in [0.15, 0.2) is 83.6 Å². The van der Waals surface area contributed by atoms with Crippen LogP contribution in [0.3, 0.4) is 0 Å². The maximum Gasteiger partial charge on any atom is 0.141 e. The minimum Gasteiger partial charge on any atom is -0.487 e. The van der Waals surface area contributed by atoms with Crippen LogP contribution in [-0.4, -0.2) is 16.2 Å². The lowest BCUT2D eigenvalue weighted by atomic mass is 10.2. The molecule has 0 amide bonds. The Bertz CT molecular complexity index is 901. The Balaban J connectivity index is 1.57. The Morgan fingerprint density at radius 1 is 1.04 bits per heavy atom. The lowest BCUT2D eigenvalue weighted by Gasteiger charge is -2.06. The number of nitrogens with zero attached hydrogens (tertiary/aromatic N) is 1. The summed E-state index contributed by atoms with van der Waals surface area (Å²) in [6.45, 7) is 0.546. The van der Waals surface area contributed by atoms with Crippen LogP contribution in [0.1, 0.15) is 11.3 Å². The first kappa shape index (κ1) is 15.3. The molecule has 4 rings (SSSR count). The number of allylic oxidation sites excluding steroid dienone is 3. The molecule has 0 atom stereocenters. The molecule has 1 aliphatic rings. The van der Waals surface area contributed by atoms with Gasteiger partial charge in [-0.05, 0) is 29.8 Å². The molecule has 124 valence electrons. The van der Waals surface area contributed by atoms with Crippen molar-refractivity contribution < 1.29 is 4.74 Å². The van der Waals surface area contributed by atoms with Crippen molar-refractivity contribution in [1.29, 1.82) is 0 Å². The largest absolute Gasteiger partial charge is 0.487 e. The molecule has 2 aromatic heterocycles. The molecule has 0 saturated carbocycles. The zero-order valence-electron chi connectivity index (χ0n) is 13.8. The molecule has 4 heteroatoms. The minimum absolute atomic E-state index is 0.546. The van der Waals surface area contributed by atoms with Crippen molar-refractivity contribution in [3.8, 4) is 17.1 Å². The summed E-state index contributed by atoms with van der Waals surface area (Å²) < 4.78 is 6.09. The van der Waals surface area contributed by atoms with Crippen molar-refractivity contribution in [1.82, 2.24) is 9.97 Å². The van der Waals surface area contributed by atoms with Crippen molar-refractivity contribution in [2.24, 2.45) is 4.99 Å². The fourth-order valence-corrected chi connectivity index (χ4v) is 2.78. The van der Waals surface area contributed by atoms with Crippen LogP contribution in [0, 0.1) is 0 Å². The number of nitrogens with one attached hydrogen (secondary N) is 2. The number of rotatable bonds is 6. The van der Waals surface area contributed by atoms with Crippen molar-refractivity contribution in [3.63, 3.8) is 0 Å². The third-order valence-electron chi connectivity index (χ3n) is 4.08. The SMILES string of the molecule is C1=CC(=CCc2[nH]c(-c3ccc[nH]3)cc2OCc2ccccc2)N=C1. The van der Waals surface area contributed by atoms with Gasteiger partial charge < -0.3 is 14.7 Å². The summed E-state index contributed by atoms with van der Waals surface area (Å²) in [6.07, 6.45) is 10.5. The number of hydrogen-bond donors (Lipinski definition) is 2. The fourth-order valence-electron chi connectivity index (χ4n) is 2.78. The van der Waals surface area contributed by atoms with Gasteiger partial charge in [0.15, 0.2) is 0 Å². The van der Waals surface area contributed by atoms with Crippen LogP contribution >= 0.6 is 0 Å². The Morgan fingerprint density at radius 2 is 1.96 bits per heavy atom. The molecule has 25 heavy (non-hydrogen) atoms. The summed E-state index contributed by atoms with van der Waals surface area (Å²) in [7, 11) is 0. The predicted octanol–water partition coefficient (Wildman–Crippen LogP) is 4.66. The van der Waals surface area contributed by atoms with Crippen LogP contribution < -0.4 is 4.74 Å². The standard InChI is InChI=1S/C21H19N3O/c1-2-6-16(7-3-1)15-25-21-14-20(18-9-5-13-23-18)24-19(21)11-10-17-8-4-12-22-17/h1-10,12-14,23-24H,11,15H2. The maximum atomic E-state index is 6.09. The van der Waals surface area contributed by atoms with E-state index >= 15 is 0 Å². The van der Waals surface area contributed by atoms with Crippen LogP contribution in [0.4, 0.5) is 0 Å². The van der Waals surface area contributed by atoms with Gasteiger partial charge in [0.2, 0.25) is 0 Å². The average molecular weight is 329 g/mol.